The highest BCUT2D eigenvalue weighted by molar-refractivity contribution is 6.00. The van der Waals surface area contributed by atoms with Crippen molar-refractivity contribution >= 4 is 17.3 Å². The van der Waals surface area contributed by atoms with Crippen LogP contribution in [-0.4, -0.2) is 57.7 Å². The minimum absolute atomic E-state index is 0.0710. The predicted molar refractivity (Wildman–Crippen MR) is 91.6 cm³/mol. The van der Waals surface area contributed by atoms with Gasteiger partial charge in [-0.25, -0.2) is 9.67 Å². The van der Waals surface area contributed by atoms with Gasteiger partial charge in [-0.2, -0.15) is 5.10 Å². The molecule has 0 unspecified atom stereocenters. The molecule has 1 aliphatic rings. The number of nitro groups is 1. The Hall–Kier alpha value is -2.97. The fraction of sp³-hybridized carbons (Fsp3) is 0.438. The Morgan fingerprint density at radius 1 is 1.40 bits per heavy atom. The topological polar surface area (TPSA) is 97.4 Å². The minimum Gasteiger partial charge on any atom is -0.377 e. The molecular formula is C16H20N6O3. The number of rotatable bonds is 4. The molecular weight excluding hydrogens is 324 g/mol. The van der Waals surface area contributed by atoms with Gasteiger partial charge >= 0.3 is 0 Å². The van der Waals surface area contributed by atoms with E-state index in [0.717, 1.165) is 12.8 Å². The van der Waals surface area contributed by atoms with Gasteiger partial charge in [0.2, 0.25) is 0 Å². The Labute approximate surface area is 145 Å². The quantitative estimate of drug-likeness (QED) is 0.619. The largest absolute Gasteiger partial charge is 0.377 e. The molecule has 2 aromatic rings. The highest BCUT2D eigenvalue weighted by Gasteiger charge is 2.28. The molecule has 9 heteroatoms. The maximum Gasteiger partial charge on any atom is 0.270 e. The summed E-state index contributed by atoms with van der Waals surface area (Å²) in [4.78, 5) is 31.1. The van der Waals surface area contributed by atoms with Crippen LogP contribution in [-0.2, 0) is 0 Å². The van der Waals surface area contributed by atoms with E-state index in [1.54, 1.807) is 26.9 Å². The van der Waals surface area contributed by atoms with Crippen molar-refractivity contribution in [1.82, 2.24) is 19.7 Å². The summed E-state index contributed by atoms with van der Waals surface area (Å²) in [6, 6.07) is 4.46. The molecule has 1 aliphatic heterocycles. The van der Waals surface area contributed by atoms with Gasteiger partial charge in [-0.15, -0.1) is 0 Å². The van der Waals surface area contributed by atoms with E-state index < -0.39 is 4.92 Å². The van der Waals surface area contributed by atoms with E-state index in [9.17, 15) is 14.9 Å². The highest BCUT2D eigenvalue weighted by atomic mass is 16.6. The zero-order chi connectivity index (χ0) is 18.0. The molecule has 25 heavy (non-hydrogen) atoms. The van der Waals surface area contributed by atoms with Crippen LogP contribution >= 0.6 is 0 Å². The van der Waals surface area contributed by atoms with Gasteiger partial charge in [0.05, 0.1) is 16.5 Å². The van der Waals surface area contributed by atoms with Gasteiger partial charge in [-0.05, 0) is 18.9 Å². The maximum absolute atomic E-state index is 13.0. The second-order valence-corrected chi connectivity index (χ2v) is 6.28. The summed E-state index contributed by atoms with van der Waals surface area (Å²) in [5.74, 6) is -0.197. The monoisotopic (exact) mass is 344 g/mol. The lowest BCUT2D eigenvalue weighted by atomic mass is 10.0. The first kappa shape index (κ1) is 16.9. The molecule has 0 spiro atoms. The first-order valence-corrected chi connectivity index (χ1v) is 8.06. The van der Waals surface area contributed by atoms with Crippen LogP contribution in [0.3, 0.4) is 0 Å². The van der Waals surface area contributed by atoms with Crippen LogP contribution in [0.4, 0.5) is 11.4 Å². The predicted octanol–water partition coefficient (Wildman–Crippen LogP) is 1.73. The zero-order valence-electron chi connectivity index (χ0n) is 14.2. The Balaban J connectivity index is 1.89. The smallest absolute Gasteiger partial charge is 0.270 e. The number of piperidine rings is 1. The molecule has 1 saturated heterocycles. The van der Waals surface area contributed by atoms with Crippen LogP contribution in [0, 0.1) is 10.1 Å². The summed E-state index contributed by atoms with van der Waals surface area (Å²) >= 11 is 0. The third-order valence-electron chi connectivity index (χ3n) is 4.40. The van der Waals surface area contributed by atoms with Crippen LogP contribution in [0.1, 0.15) is 29.2 Å². The van der Waals surface area contributed by atoms with E-state index in [2.05, 4.69) is 10.1 Å². The Morgan fingerprint density at radius 3 is 2.84 bits per heavy atom. The molecule has 1 aromatic carbocycles. The molecule has 0 N–H and O–H groups in total. The van der Waals surface area contributed by atoms with E-state index in [-0.39, 0.29) is 17.6 Å². The second kappa shape index (κ2) is 6.88. The van der Waals surface area contributed by atoms with E-state index >= 15 is 0 Å². The van der Waals surface area contributed by atoms with Crippen molar-refractivity contribution in [3.8, 4) is 0 Å². The number of likely N-dealkylation sites (tertiary alicyclic amines) is 1. The summed E-state index contributed by atoms with van der Waals surface area (Å²) in [7, 11) is 3.62. The summed E-state index contributed by atoms with van der Waals surface area (Å²) < 4.78 is 1.76. The van der Waals surface area contributed by atoms with E-state index in [1.807, 2.05) is 14.1 Å². The molecule has 3 rings (SSSR count). The SMILES string of the molecule is CN(C)c1ccc([N+](=O)[O-])cc1C(=O)N1CCC[C@@H](n2cncn2)C1. The van der Waals surface area contributed by atoms with Crippen molar-refractivity contribution in [3.63, 3.8) is 0 Å². The third kappa shape index (κ3) is 3.44. The average molecular weight is 344 g/mol. The Bertz CT molecular complexity index is 774. The number of nitro benzene ring substituents is 1. The lowest BCUT2D eigenvalue weighted by Crippen LogP contribution is -2.41. The maximum atomic E-state index is 13.0. The number of hydrogen-bond donors (Lipinski definition) is 0. The van der Waals surface area contributed by atoms with Crippen molar-refractivity contribution in [2.75, 3.05) is 32.1 Å². The lowest BCUT2D eigenvalue weighted by Gasteiger charge is -2.33. The molecule has 0 radical (unpaired) electrons. The molecule has 0 saturated carbocycles. The normalized spacial score (nSPS) is 17.4. The van der Waals surface area contributed by atoms with Gasteiger partial charge in [-0.1, -0.05) is 0 Å². The third-order valence-corrected chi connectivity index (χ3v) is 4.40. The van der Waals surface area contributed by atoms with Gasteiger partial charge in [0.25, 0.3) is 11.6 Å². The average Bonchev–Trinajstić information content (AvgIpc) is 3.15. The second-order valence-electron chi connectivity index (χ2n) is 6.28. The molecule has 1 atom stereocenters. The molecule has 1 amide bonds. The van der Waals surface area contributed by atoms with Crippen LogP contribution in [0.5, 0.6) is 0 Å². The number of carbonyl (C=O) groups excluding carboxylic acids is 1. The van der Waals surface area contributed by atoms with Crippen molar-refractivity contribution < 1.29 is 9.72 Å². The minimum atomic E-state index is -0.482. The molecule has 0 aliphatic carbocycles. The Morgan fingerprint density at radius 2 is 2.20 bits per heavy atom. The van der Waals surface area contributed by atoms with Gasteiger partial charge in [-0.3, -0.25) is 14.9 Å². The van der Waals surface area contributed by atoms with E-state index in [0.29, 0.717) is 24.3 Å². The molecule has 132 valence electrons. The number of amides is 1. The van der Waals surface area contributed by atoms with E-state index in [1.165, 1.54) is 18.5 Å². The number of nitrogens with zero attached hydrogens (tertiary/aromatic N) is 6. The fourth-order valence-electron chi connectivity index (χ4n) is 3.13. The fourth-order valence-corrected chi connectivity index (χ4v) is 3.13. The number of carbonyl (C=O) groups is 1. The summed E-state index contributed by atoms with van der Waals surface area (Å²) in [5.41, 5.74) is 0.927. The number of hydrogen-bond acceptors (Lipinski definition) is 6. The van der Waals surface area contributed by atoms with Crippen LogP contribution in [0.15, 0.2) is 30.9 Å². The number of non-ortho nitro benzene ring substituents is 1. The van der Waals surface area contributed by atoms with Gasteiger partial charge < -0.3 is 9.80 Å². The lowest BCUT2D eigenvalue weighted by molar-refractivity contribution is -0.384. The zero-order valence-corrected chi connectivity index (χ0v) is 14.2. The van der Waals surface area contributed by atoms with E-state index in [4.69, 9.17) is 0 Å². The van der Waals surface area contributed by atoms with Gasteiger partial charge in [0.1, 0.15) is 12.7 Å². The first-order valence-electron chi connectivity index (χ1n) is 8.06. The number of anilines is 1. The molecule has 1 aromatic heterocycles. The van der Waals surface area contributed by atoms with Crippen molar-refractivity contribution in [2.24, 2.45) is 0 Å². The Kier molecular flexibility index (Phi) is 4.64. The number of aromatic nitrogens is 3. The van der Waals surface area contributed by atoms with Crippen LogP contribution in [0.2, 0.25) is 0 Å². The molecule has 0 bridgehead atoms. The molecule has 9 nitrogen and oxygen atoms in total. The van der Waals surface area contributed by atoms with Crippen LogP contribution < -0.4 is 4.90 Å². The standard InChI is InChI=1S/C16H20N6O3/c1-19(2)15-6-5-12(22(24)25)8-14(15)16(23)20-7-3-4-13(9-20)21-11-17-10-18-21/h5-6,8,10-11,13H,3-4,7,9H2,1-2H3/t13-/m1/s1. The summed E-state index contributed by atoms with van der Waals surface area (Å²) in [6.45, 7) is 1.14. The van der Waals surface area contributed by atoms with Crippen LogP contribution in [0.25, 0.3) is 0 Å². The van der Waals surface area contributed by atoms with Gasteiger partial charge in [0.15, 0.2) is 0 Å². The van der Waals surface area contributed by atoms with Crippen molar-refractivity contribution in [1.29, 1.82) is 0 Å². The number of benzene rings is 1. The summed E-state index contributed by atoms with van der Waals surface area (Å²) in [6.07, 6.45) is 4.90. The summed E-state index contributed by atoms with van der Waals surface area (Å²) in [5, 5.41) is 15.2. The highest BCUT2D eigenvalue weighted by Crippen LogP contribution is 2.28. The van der Waals surface area contributed by atoms with Crippen molar-refractivity contribution in [3.05, 3.63) is 46.5 Å². The molecule has 1 fully saturated rings. The first-order chi connectivity index (χ1) is 12.0. The van der Waals surface area contributed by atoms with Gasteiger partial charge in [0, 0.05) is 45.0 Å². The van der Waals surface area contributed by atoms with Crippen molar-refractivity contribution in [2.45, 2.75) is 18.9 Å². The molecule has 2 heterocycles.